The fraction of sp³-hybridized carbons (Fsp3) is 0.462. The van der Waals surface area contributed by atoms with Gasteiger partial charge in [-0.1, -0.05) is 18.2 Å². The highest BCUT2D eigenvalue weighted by Gasteiger charge is 2.19. The van der Waals surface area contributed by atoms with Crippen molar-refractivity contribution < 1.29 is 9.90 Å². The lowest BCUT2D eigenvalue weighted by Crippen LogP contribution is -2.34. The molecule has 1 heterocycles. The Kier molecular flexibility index (Phi) is 4.12. The highest BCUT2D eigenvalue weighted by Crippen LogP contribution is 2.07. The van der Waals surface area contributed by atoms with Crippen LogP contribution in [0, 0.1) is 0 Å². The summed E-state index contributed by atoms with van der Waals surface area (Å²) >= 11 is 0. The predicted octanol–water partition coefficient (Wildman–Crippen LogP) is 0.483. The van der Waals surface area contributed by atoms with Crippen molar-refractivity contribution in [3.63, 3.8) is 0 Å². The van der Waals surface area contributed by atoms with E-state index in [9.17, 15) is 9.90 Å². The molecule has 0 spiro atoms. The Bertz CT molecular complexity index is 367. The van der Waals surface area contributed by atoms with E-state index in [-0.39, 0.29) is 12.0 Å². The summed E-state index contributed by atoms with van der Waals surface area (Å²) in [7, 11) is 0. The van der Waals surface area contributed by atoms with E-state index in [1.807, 2.05) is 18.2 Å². The average Bonchev–Trinajstić information content (AvgIpc) is 2.76. The molecule has 2 rings (SSSR count). The number of nitrogens with one attached hydrogen (secondary N) is 1. The summed E-state index contributed by atoms with van der Waals surface area (Å²) in [5, 5.41) is 12.2. The molecule has 0 aliphatic carbocycles. The third-order valence-electron chi connectivity index (χ3n) is 3.00. The van der Waals surface area contributed by atoms with Crippen LogP contribution in [0.2, 0.25) is 0 Å². The number of amides is 1. The van der Waals surface area contributed by atoms with Crippen LogP contribution in [-0.4, -0.2) is 48.2 Å². The third-order valence-corrected chi connectivity index (χ3v) is 3.00. The molecule has 1 aliphatic heterocycles. The lowest BCUT2D eigenvalue weighted by Gasteiger charge is -2.14. The van der Waals surface area contributed by atoms with Gasteiger partial charge in [0.05, 0.1) is 6.10 Å². The predicted molar refractivity (Wildman–Crippen MR) is 65.8 cm³/mol. The maximum Gasteiger partial charge on any atom is 0.251 e. The summed E-state index contributed by atoms with van der Waals surface area (Å²) in [5.41, 5.74) is 0.689. The van der Waals surface area contributed by atoms with E-state index >= 15 is 0 Å². The van der Waals surface area contributed by atoms with Gasteiger partial charge < -0.3 is 10.4 Å². The van der Waals surface area contributed by atoms with Gasteiger partial charge in [-0.05, 0) is 18.6 Å². The van der Waals surface area contributed by atoms with E-state index in [1.54, 1.807) is 12.1 Å². The number of likely N-dealkylation sites (tertiary alicyclic amines) is 1. The number of aliphatic hydroxyl groups excluding tert-OH is 1. The molecular formula is C13H18N2O2. The first kappa shape index (κ1) is 12.1. The van der Waals surface area contributed by atoms with Crippen molar-refractivity contribution in [1.29, 1.82) is 0 Å². The van der Waals surface area contributed by atoms with Gasteiger partial charge in [0.25, 0.3) is 5.91 Å². The van der Waals surface area contributed by atoms with Crippen molar-refractivity contribution in [3.8, 4) is 0 Å². The average molecular weight is 234 g/mol. The standard InChI is InChI=1S/C13H18N2O2/c16-12-6-8-15(10-12)9-7-14-13(17)11-4-2-1-3-5-11/h1-5,12,16H,6-10H2,(H,14,17)/t12-/m0/s1. The number of aliphatic hydroxyl groups is 1. The van der Waals surface area contributed by atoms with Crippen molar-refractivity contribution in [2.24, 2.45) is 0 Å². The fourth-order valence-corrected chi connectivity index (χ4v) is 2.03. The van der Waals surface area contributed by atoms with Gasteiger partial charge in [0.15, 0.2) is 0 Å². The number of rotatable bonds is 4. The van der Waals surface area contributed by atoms with Crippen molar-refractivity contribution in [1.82, 2.24) is 10.2 Å². The Balaban J connectivity index is 1.70. The van der Waals surface area contributed by atoms with Crippen LogP contribution in [0.5, 0.6) is 0 Å². The van der Waals surface area contributed by atoms with E-state index in [1.165, 1.54) is 0 Å². The Hall–Kier alpha value is -1.39. The van der Waals surface area contributed by atoms with Crippen molar-refractivity contribution in [2.45, 2.75) is 12.5 Å². The van der Waals surface area contributed by atoms with Crippen LogP contribution in [-0.2, 0) is 0 Å². The van der Waals surface area contributed by atoms with Gasteiger partial charge in [0.1, 0.15) is 0 Å². The fourth-order valence-electron chi connectivity index (χ4n) is 2.03. The first-order valence-electron chi connectivity index (χ1n) is 5.99. The molecule has 0 saturated carbocycles. The van der Waals surface area contributed by atoms with Gasteiger partial charge in [-0.25, -0.2) is 0 Å². The van der Waals surface area contributed by atoms with Gasteiger partial charge in [-0.2, -0.15) is 0 Å². The number of carbonyl (C=O) groups excluding carboxylic acids is 1. The largest absolute Gasteiger partial charge is 0.392 e. The van der Waals surface area contributed by atoms with E-state index < -0.39 is 0 Å². The minimum atomic E-state index is -0.195. The molecule has 17 heavy (non-hydrogen) atoms. The normalized spacial score (nSPS) is 20.4. The van der Waals surface area contributed by atoms with Crippen LogP contribution >= 0.6 is 0 Å². The molecule has 1 amide bonds. The monoisotopic (exact) mass is 234 g/mol. The molecule has 1 saturated heterocycles. The molecule has 92 valence electrons. The number of hydrogen-bond donors (Lipinski definition) is 2. The minimum Gasteiger partial charge on any atom is -0.392 e. The van der Waals surface area contributed by atoms with E-state index in [2.05, 4.69) is 10.2 Å². The van der Waals surface area contributed by atoms with Crippen LogP contribution in [0.15, 0.2) is 30.3 Å². The topological polar surface area (TPSA) is 52.6 Å². The van der Waals surface area contributed by atoms with Gasteiger partial charge in [0.2, 0.25) is 0 Å². The number of β-amino-alcohol motifs (C(OH)–C–C–N with tert-alkyl or cyclic N) is 1. The summed E-state index contributed by atoms with van der Waals surface area (Å²) in [6, 6.07) is 9.20. The molecule has 1 aromatic carbocycles. The molecule has 0 radical (unpaired) electrons. The number of hydrogen-bond acceptors (Lipinski definition) is 3. The summed E-state index contributed by atoms with van der Waals surface area (Å²) in [5.74, 6) is -0.0367. The lowest BCUT2D eigenvalue weighted by molar-refractivity contribution is 0.0949. The van der Waals surface area contributed by atoms with Crippen LogP contribution < -0.4 is 5.32 Å². The first-order valence-corrected chi connectivity index (χ1v) is 5.99. The molecule has 1 fully saturated rings. The van der Waals surface area contributed by atoms with Gasteiger partial charge >= 0.3 is 0 Å². The van der Waals surface area contributed by atoms with Crippen molar-refractivity contribution >= 4 is 5.91 Å². The molecule has 0 unspecified atom stereocenters. The van der Waals surface area contributed by atoms with Crippen molar-refractivity contribution in [2.75, 3.05) is 26.2 Å². The smallest absolute Gasteiger partial charge is 0.251 e. The molecule has 0 bridgehead atoms. The van der Waals surface area contributed by atoms with Crippen LogP contribution in [0.1, 0.15) is 16.8 Å². The second-order valence-corrected chi connectivity index (χ2v) is 4.37. The summed E-state index contributed by atoms with van der Waals surface area (Å²) in [6.07, 6.45) is 0.645. The maximum atomic E-state index is 11.7. The third kappa shape index (κ3) is 3.54. The van der Waals surface area contributed by atoms with Gasteiger partial charge in [0, 0.05) is 31.7 Å². The van der Waals surface area contributed by atoms with Gasteiger partial charge in [-0.15, -0.1) is 0 Å². The summed E-state index contributed by atoms with van der Waals surface area (Å²) in [4.78, 5) is 13.9. The molecule has 1 atom stereocenters. The van der Waals surface area contributed by atoms with Crippen molar-refractivity contribution in [3.05, 3.63) is 35.9 Å². The van der Waals surface area contributed by atoms with E-state index in [4.69, 9.17) is 0 Å². The van der Waals surface area contributed by atoms with Crippen LogP contribution in [0.3, 0.4) is 0 Å². The maximum absolute atomic E-state index is 11.7. The molecule has 4 heteroatoms. The zero-order chi connectivity index (χ0) is 12.1. The Morgan fingerprint density at radius 2 is 2.18 bits per heavy atom. The molecule has 1 aliphatic rings. The van der Waals surface area contributed by atoms with E-state index in [0.29, 0.717) is 12.1 Å². The number of benzene rings is 1. The van der Waals surface area contributed by atoms with Crippen LogP contribution in [0.25, 0.3) is 0 Å². The molecule has 0 aromatic heterocycles. The Morgan fingerprint density at radius 1 is 1.41 bits per heavy atom. The first-order chi connectivity index (χ1) is 8.25. The Morgan fingerprint density at radius 3 is 2.82 bits per heavy atom. The van der Waals surface area contributed by atoms with E-state index in [0.717, 1.165) is 26.1 Å². The summed E-state index contributed by atoms with van der Waals surface area (Å²) < 4.78 is 0. The van der Waals surface area contributed by atoms with Crippen LogP contribution in [0.4, 0.5) is 0 Å². The number of nitrogens with zero attached hydrogens (tertiary/aromatic N) is 1. The summed E-state index contributed by atoms with van der Waals surface area (Å²) in [6.45, 7) is 3.07. The minimum absolute atomic E-state index is 0.0367. The molecule has 2 N–H and O–H groups in total. The second kappa shape index (κ2) is 5.80. The Labute approximate surface area is 101 Å². The number of carbonyl (C=O) groups is 1. The zero-order valence-electron chi connectivity index (χ0n) is 9.80. The second-order valence-electron chi connectivity index (χ2n) is 4.37. The molecule has 4 nitrogen and oxygen atoms in total. The SMILES string of the molecule is O=C(NCCN1CC[C@H](O)C1)c1ccccc1. The molecule has 1 aromatic rings. The zero-order valence-corrected chi connectivity index (χ0v) is 9.80. The quantitative estimate of drug-likeness (QED) is 0.797. The highest BCUT2D eigenvalue weighted by atomic mass is 16.3. The highest BCUT2D eigenvalue weighted by molar-refractivity contribution is 5.94. The molecular weight excluding hydrogens is 216 g/mol. The van der Waals surface area contributed by atoms with Gasteiger partial charge in [-0.3, -0.25) is 9.69 Å². The lowest BCUT2D eigenvalue weighted by atomic mass is 10.2.